The van der Waals surface area contributed by atoms with Crippen molar-refractivity contribution in [1.82, 2.24) is 16.0 Å². The van der Waals surface area contributed by atoms with E-state index in [-0.39, 0.29) is 23.0 Å². The minimum atomic E-state index is -3.76. The molecule has 0 spiro atoms. The summed E-state index contributed by atoms with van der Waals surface area (Å²) < 4.78 is 110. The summed E-state index contributed by atoms with van der Waals surface area (Å²) in [6.07, 6.45) is 4.08. The molecule has 414 valence electrons. The second-order valence-corrected chi connectivity index (χ2v) is 26.2. The fourth-order valence-corrected chi connectivity index (χ4v) is 15.0. The number of benzene rings is 6. The van der Waals surface area contributed by atoms with Gasteiger partial charge in [-0.2, -0.15) is 0 Å². The van der Waals surface area contributed by atoms with Crippen LogP contribution in [-0.2, 0) is 55.1 Å². The van der Waals surface area contributed by atoms with Gasteiger partial charge in [-0.05, 0) is 140 Å². The molecule has 0 saturated heterocycles. The van der Waals surface area contributed by atoms with Gasteiger partial charge in [-0.15, -0.1) is 0 Å². The van der Waals surface area contributed by atoms with E-state index in [2.05, 4.69) is 16.0 Å². The van der Waals surface area contributed by atoms with Crippen molar-refractivity contribution in [3.63, 3.8) is 0 Å². The van der Waals surface area contributed by atoms with Crippen LogP contribution in [0.1, 0.15) is 81.9 Å². The van der Waals surface area contributed by atoms with Gasteiger partial charge in [-0.3, -0.25) is 17.1 Å². The number of methoxy groups -OCH3 is 3. The van der Waals surface area contributed by atoms with Crippen LogP contribution in [0.3, 0.4) is 0 Å². The third-order valence-electron chi connectivity index (χ3n) is 13.9. The van der Waals surface area contributed by atoms with E-state index in [1.165, 1.54) is 19.0 Å². The van der Waals surface area contributed by atoms with Crippen molar-refractivity contribution in [1.29, 1.82) is 0 Å². The number of sulfonamides is 3. The Morgan fingerprint density at radius 2 is 0.740 bits per heavy atom. The van der Waals surface area contributed by atoms with E-state index >= 15 is 0 Å². The molecule has 4 unspecified atom stereocenters. The molecule has 0 saturated carbocycles. The fraction of sp³-hybridized carbons (Fsp3) is 0.368. The largest absolute Gasteiger partial charge is 0.385 e. The Balaban J connectivity index is 0.000000168. The van der Waals surface area contributed by atoms with E-state index in [0.717, 1.165) is 71.3 Å². The Labute approximate surface area is 458 Å². The Morgan fingerprint density at radius 3 is 1.05 bits per heavy atom. The number of rotatable bonds is 16. The van der Waals surface area contributed by atoms with Gasteiger partial charge in [-0.1, -0.05) is 84.9 Å². The van der Waals surface area contributed by atoms with Crippen LogP contribution in [0.2, 0.25) is 0 Å². The zero-order valence-electron chi connectivity index (χ0n) is 45.3. The van der Waals surface area contributed by atoms with E-state index in [4.69, 9.17) is 14.2 Å². The molecule has 3 heterocycles. The summed E-state index contributed by atoms with van der Waals surface area (Å²) in [6.45, 7) is 7.94. The van der Waals surface area contributed by atoms with Gasteiger partial charge in [-0.25, -0.2) is 25.3 Å². The van der Waals surface area contributed by atoms with Crippen molar-refractivity contribution in [2.75, 3.05) is 101 Å². The number of nitrogens with one attached hydrogen (secondary N) is 3. The van der Waals surface area contributed by atoms with Crippen LogP contribution in [0.5, 0.6) is 0 Å². The van der Waals surface area contributed by atoms with Crippen LogP contribution >= 0.6 is 0 Å². The average Bonchev–Trinajstić information content (AvgIpc) is 3.60. The molecule has 0 bridgehead atoms. The second-order valence-electron chi connectivity index (χ2n) is 19.0. The maximum Gasteiger partial charge on any atom is 0.264 e. The lowest BCUT2D eigenvalue weighted by Gasteiger charge is -2.22. The number of anilines is 3. The summed E-state index contributed by atoms with van der Waals surface area (Å²) in [4.78, 5) is 1.43. The maximum atomic E-state index is 13.3. The van der Waals surface area contributed by atoms with E-state index < -0.39 is 40.9 Å². The molecule has 3 N–H and O–H groups in total. The molecule has 6 aromatic rings. The molecule has 4 atom stereocenters. The first-order valence-corrected chi connectivity index (χ1v) is 31.3. The lowest BCUT2D eigenvalue weighted by atomic mass is 9.96. The number of nitrogens with zero attached hydrogens (tertiary/aromatic N) is 3. The van der Waals surface area contributed by atoms with Gasteiger partial charge in [0, 0.05) is 84.2 Å². The number of hydrogen-bond acceptors (Lipinski definition) is 13. The third kappa shape index (κ3) is 12.8. The SMILES string of the molecule is COCCCNC1c2ccccc2N(C)S(=O)(=O)c2cc(C)ccc21.COCCCNC1c2ccccc2N(C)S(=O)(=O)c2cc(C)ccc21.COCCCNC1c2ccccc2N(C)S(=O)(=O)c2cc(S(C)=O)ccc21. The summed E-state index contributed by atoms with van der Waals surface area (Å²) in [5.74, 6) is 0. The topological polar surface area (TPSA) is 193 Å². The normalized spacial score (nSPS) is 18.6. The Hall–Kier alpha value is -5.52. The summed E-state index contributed by atoms with van der Waals surface area (Å²) in [6, 6.07) is 38.5. The number of aryl methyl sites for hydroxylation is 2. The van der Waals surface area contributed by atoms with Gasteiger partial charge in [0.25, 0.3) is 30.1 Å². The smallest absolute Gasteiger partial charge is 0.264 e. The van der Waals surface area contributed by atoms with E-state index in [1.807, 2.05) is 111 Å². The first kappa shape index (κ1) is 59.1. The van der Waals surface area contributed by atoms with E-state index in [0.29, 0.717) is 63.7 Å². The average molecular weight is 1130 g/mol. The van der Waals surface area contributed by atoms with Crippen LogP contribution in [-0.4, -0.2) is 118 Å². The zero-order chi connectivity index (χ0) is 55.7. The van der Waals surface area contributed by atoms with E-state index in [1.54, 1.807) is 73.0 Å². The van der Waals surface area contributed by atoms with Gasteiger partial charge in [0.05, 0.1) is 49.9 Å². The molecule has 3 aliphatic heterocycles. The highest BCUT2D eigenvalue weighted by atomic mass is 32.2. The van der Waals surface area contributed by atoms with Crippen molar-refractivity contribution >= 4 is 57.9 Å². The van der Waals surface area contributed by atoms with Gasteiger partial charge in [0.1, 0.15) is 0 Å². The highest BCUT2D eigenvalue weighted by Crippen LogP contribution is 2.43. The first-order chi connectivity index (χ1) is 36.8. The van der Waals surface area contributed by atoms with Crippen molar-refractivity contribution in [3.05, 3.63) is 172 Å². The molecule has 6 aromatic carbocycles. The highest BCUT2D eigenvalue weighted by Gasteiger charge is 2.38. The highest BCUT2D eigenvalue weighted by molar-refractivity contribution is 7.93. The van der Waals surface area contributed by atoms with Crippen molar-refractivity contribution in [3.8, 4) is 0 Å². The van der Waals surface area contributed by atoms with Gasteiger partial charge >= 0.3 is 0 Å². The molecule has 16 nitrogen and oxygen atoms in total. The third-order valence-corrected chi connectivity index (χ3v) is 20.3. The summed E-state index contributed by atoms with van der Waals surface area (Å²) >= 11 is 0. The molecule has 3 aliphatic rings. The summed E-state index contributed by atoms with van der Waals surface area (Å²) in [5, 5.41) is 10.5. The maximum absolute atomic E-state index is 13.3. The molecule has 0 fully saturated rings. The Bertz CT molecular complexity index is 3250. The molecule has 0 aromatic heterocycles. The molecule has 9 rings (SSSR count). The van der Waals surface area contributed by atoms with Crippen molar-refractivity contribution in [2.45, 2.75) is 70.8 Å². The number of hydrogen-bond donors (Lipinski definition) is 3. The summed E-state index contributed by atoms with van der Waals surface area (Å²) in [7, 11) is -2.40. The second kappa shape index (κ2) is 26.0. The molecule has 0 radical (unpaired) electrons. The van der Waals surface area contributed by atoms with Gasteiger partial charge < -0.3 is 30.2 Å². The predicted octanol–water partition coefficient (Wildman–Crippen LogP) is 7.98. The first-order valence-electron chi connectivity index (χ1n) is 25.4. The molecular weight excluding hydrogens is 1060 g/mol. The zero-order valence-corrected chi connectivity index (χ0v) is 48.5. The van der Waals surface area contributed by atoms with Gasteiger partial charge in [0.2, 0.25) is 0 Å². The van der Waals surface area contributed by atoms with Crippen LogP contribution in [0, 0.1) is 13.8 Å². The Morgan fingerprint density at radius 1 is 0.442 bits per heavy atom. The molecule has 0 aliphatic carbocycles. The van der Waals surface area contributed by atoms with Crippen LogP contribution in [0.15, 0.2) is 147 Å². The molecule has 77 heavy (non-hydrogen) atoms. The fourth-order valence-electron chi connectivity index (χ4n) is 9.80. The van der Waals surface area contributed by atoms with E-state index in [9.17, 15) is 29.5 Å². The summed E-state index contributed by atoms with van der Waals surface area (Å²) in [5.41, 5.74) is 8.99. The predicted molar refractivity (Wildman–Crippen MR) is 306 cm³/mol. The number of fused-ring (bicyclic) bond motifs is 6. The van der Waals surface area contributed by atoms with Gasteiger partial charge in [0.15, 0.2) is 0 Å². The van der Waals surface area contributed by atoms with Crippen molar-refractivity contribution in [2.24, 2.45) is 0 Å². The number of para-hydroxylation sites is 3. The minimum Gasteiger partial charge on any atom is -0.385 e. The monoisotopic (exact) mass is 1130 g/mol. The Kier molecular flexibility index (Phi) is 19.9. The lowest BCUT2D eigenvalue weighted by molar-refractivity contribution is 0.193. The number of ether oxygens (including phenoxy) is 3. The van der Waals surface area contributed by atoms with Crippen LogP contribution in [0.4, 0.5) is 17.1 Å². The van der Waals surface area contributed by atoms with Crippen LogP contribution < -0.4 is 28.9 Å². The molecule has 20 heteroatoms. The minimum absolute atomic E-state index is 0.177. The van der Waals surface area contributed by atoms with Crippen LogP contribution in [0.25, 0.3) is 0 Å². The quantitative estimate of drug-likeness (QED) is 0.0792. The lowest BCUT2D eigenvalue weighted by Crippen LogP contribution is -2.26. The van der Waals surface area contributed by atoms with Crippen molar-refractivity contribution < 1.29 is 43.7 Å². The standard InChI is InChI=1S/C19H24N2O4S2.2C19H24N2O3S/c1-21-17-8-5-4-7-15(17)19(20-11-6-12-25-2)16-10-9-14(26(3)22)13-18(16)27(21,23)24;2*1-14-9-10-16-18(13-14)25(22,23)21(2)17-8-5-4-7-15(17)19(16)20-11-6-12-24-3/h4-5,7-10,13,19-20H,6,11-12H2,1-3H3;2*4-5,7-10,13,19-20H,6,11-12H2,1-3H3. The molecular formula is C57H72N6O10S4. The molecule has 0 amide bonds.